The summed E-state index contributed by atoms with van der Waals surface area (Å²) in [5.74, 6) is -0.317. The van der Waals surface area contributed by atoms with Crippen molar-refractivity contribution >= 4 is 17.3 Å². The predicted molar refractivity (Wildman–Crippen MR) is 59.8 cm³/mol. The number of rotatable bonds is 4. The largest absolute Gasteiger partial charge is 0.495 e. The molecule has 7 nitrogen and oxygen atoms in total. The van der Waals surface area contributed by atoms with E-state index in [1.165, 1.54) is 26.4 Å². The number of nitrogen functional groups attached to an aromatic ring is 1. The second kappa shape index (κ2) is 5.15. The third-order valence-electron chi connectivity index (χ3n) is 2.26. The maximum Gasteiger partial charge on any atom is 0.310 e. The quantitative estimate of drug-likeness (QED) is 0.363. The Balaban J connectivity index is 3.29. The zero-order valence-corrected chi connectivity index (χ0v) is 9.43. The van der Waals surface area contributed by atoms with E-state index in [1.807, 2.05) is 0 Å². The third kappa shape index (κ3) is 2.63. The lowest BCUT2D eigenvalue weighted by Crippen LogP contribution is -2.10. The Morgan fingerprint density at radius 2 is 2.12 bits per heavy atom. The van der Waals surface area contributed by atoms with Crippen LogP contribution in [0.25, 0.3) is 0 Å². The van der Waals surface area contributed by atoms with E-state index in [0.29, 0.717) is 0 Å². The molecule has 92 valence electrons. The molecule has 0 fully saturated rings. The van der Waals surface area contributed by atoms with E-state index >= 15 is 0 Å². The van der Waals surface area contributed by atoms with Crippen molar-refractivity contribution in [2.45, 2.75) is 6.42 Å². The van der Waals surface area contributed by atoms with Gasteiger partial charge in [0.1, 0.15) is 5.75 Å². The van der Waals surface area contributed by atoms with Gasteiger partial charge in [-0.15, -0.1) is 0 Å². The van der Waals surface area contributed by atoms with E-state index in [9.17, 15) is 14.9 Å². The molecule has 0 heterocycles. The Morgan fingerprint density at radius 1 is 1.47 bits per heavy atom. The van der Waals surface area contributed by atoms with Gasteiger partial charge in [-0.05, 0) is 6.07 Å². The first-order valence-electron chi connectivity index (χ1n) is 4.67. The van der Waals surface area contributed by atoms with Gasteiger partial charge in [-0.3, -0.25) is 14.9 Å². The van der Waals surface area contributed by atoms with Gasteiger partial charge in [-0.1, -0.05) is 0 Å². The molecule has 0 aliphatic rings. The lowest BCUT2D eigenvalue weighted by atomic mass is 10.1. The van der Waals surface area contributed by atoms with Gasteiger partial charge in [0.2, 0.25) is 0 Å². The van der Waals surface area contributed by atoms with Crippen LogP contribution in [0.2, 0.25) is 0 Å². The van der Waals surface area contributed by atoms with Crippen molar-refractivity contribution in [1.82, 2.24) is 0 Å². The van der Waals surface area contributed by atoms with Gasteiger partial charge in [0, 0.05) is 6.07 Å². The first-order valence-corrected chi connectivity index (χ1v) is 4.67. The second-order valence-electron chi connectivity index (χ2n) is 3.19. The van der Waals surface area contributed by atoms with E-state index in [2.05, 4.69) is 4.74 Å². The molecule has 1 rings (SSSR count). The minimum Gasteiger partial charge on any atom is -0.495 e. The number of hydrogen-bond acceptors (Lipinski definition) is 6. The summed E-state index contributed by atoms with van der Waals surface area (Å²) in [6.45, 7) is 0. The Morgan fingerprint density at radius 3 is 2.59 bits per heavy atom. The van der Waals surface area contributed by atoms with Gasteiger partial charge in [-0.25, -0.2) is 0 Å². The van der Waals surface area contributed by atoms with Gasteiger partial charge >= 0.3 is 5.97 Å². The second-order valence-corrected chi connectivity index (χ2v) is 3.19. The van der Waals surface area contributed by atoms with Crippen LogP contribution in [0.3, 0.4) is 0 Å². The summed E-state index contributed by atoms with van der Waals surface area (Å²) in [6.07, 6.45) is -0.268. The summed E-state index contributed by atoms with van der Waals surface area (Å²) < 4.78 is 9.40. The molecule has 7 heteroatoms. The molecule has 0 aliphatic carbocycles. The molecule has 0 radical (unpaired) electrons. The van der Waals surface area contributed by atoms with E-state index in [1.54, 1.807) is 0 Å². The lowest BCUT2D eigenvalue weighted by molar-refractivity contribution is -0.385. The number of carbonyl (C=O) groups is 1. The standard InChI is InChI=1S/C10H12N2O5/c1-16-8-4-3-7(12(14)15)6(10(8)11)5-9(13)17-2/h3-4H,5,11H2,1-2H3. The van der Waals surface area contributed by atoms with Crippen LogP contribution in [-0.4, -0.2) is 25.1 Å². The number of carbonyl (C=O) groups excluding carboxylic acids is 1. The maximum absolute atomic E-state index is 11.2. The molecule has 1 aromatic rings. The van der Waals surface area contributed by atoms with Crippen LogP contribution >= 0.6 is 0 Å². The van der Waals surface area contributed by atoms with Crippen molar-refractivity contribution in [3.63, 3.8) is 0 Å². The Hall–Kier alpha value is -2.31. The lowest BCUT2D eigenvalue weighted by Gasteiger charge is -2.09. The highest BCUT2D eigenvalue weighted by molar-refractivity contribution is 5.79. The van der Waals surface area contributed by atoms with Gasteiger partial charge in [0.05, 0.1) is 36.8 Å². The molecule has 0 unspecified atom stereocenters. The number of nitro groups is 1. The van der Waals surface area contributed by atoms with Gasteiger partial charge in [0.25, 0.3) is 5.69 Å². The first kappa shape index (κ1) is 12.8. The molecule has 0 saturated heterocycles. The number of ether oxygens (including phenoxy) is 2. The van der Waals surface area contributed by atoms with Crippen LogP contribution in [0.5, 0.6) is 5.75 Å². The molecule has 0 bridgehead atoms. The zero-order chi connectivity index (χ0) is 13.0. The van der Waals surface area contributed by atoms with Crippen LogP contribution in [-0.2, 0) is 16.0 Å². The SMILES string of the molecule is COC(=O)Cc1c([N+](=O)[O-])ccc(OC)c1N. The average molecular weight is 240 g/mol. The van der Waals surface area contributed by atoms with Crippen molar-refractivity contribution in [1.29, 1.82) is 0 Å². The molecule has 17 heavy (non-hydrogen) atoms. The fraction of sp³-hybridized carbons (Fsp3) is 0.300. The third-order valence-corrected chi connectivity index (χ3v) is 2.26. The number of nitrogens with two attached hydrogens (primary N) is 1. The Kier molecular flexibility index (Phi) is 3.86. The fourth-order valence-corrected chi connectivity index (χ4v) is 1.38. The summed E-state index contributed by atoms with van der Waals surface area (Å²) in [6, 6.07) is 2.63. The number of nitrogens with zero attached hydrogens (tertiary/aromatic N) is 1. The van der Waals surface area contributed by atoms with Crippen LogP contribution in [0.4, 0.5) is 11.4 Å². The number of benzene rings is 1. The van der Waals surface area contributed by atoms with Crippen molar-refractivity contribution in [3.8, 4) is 5.75 Å². The normalized spacial score (nSPS) is 9.76. The molecule has 2 N–H and O–H groups in total. The van der Waals surface area contributed by atoms with Crippen molar-refractivity contribution < 1.29 is 19.2 Å². The highest BCUT2D eigenvalue weighted by Gasteiger charge is 2.22. The average Bonchev–Trinajstić information content (AvgIpc) is 2.30. The summed E-state index contributed by atoms with van der Waals surface area (Å²) >= 11 is 0. The van der Waals surface area contributed by atoms with E-state index < -0.39 is 10.9 Å². The summed E-state index contributed by atoms with van der Waals surface area (Å²) in [5.41, 5.74) is 5.64. The minimum atomic E-state index is -0.604. The number of anilines is 1. The molecular formula is C10H12N2O5. The fourth-order valence-electron chi connectivity index (χ4n) is 1.38. The topological polar surface area (TPSA) is 105 Å². The number of nitro benzene ring substituents is 1. The number of hydrogen-bond donors (Lipinski definition) is 1. The first-order chi connectivity index (χ1) is 8.01. The van der Waals surface area contributed by atoms with E-state index in [-0.39, 0.29) is 29.1 Å². The minimum absolute atomic E-state index is 0.0760. The van der Waals surface area contributed by atoms with Crippen molar-refractivity contribution in [3.05, 3.63) is 27.8 Å². The molecule has 0 aliphatic heterocycles. The summed E-state index contributed by atoms with van der Waals surface area (Å²) in [5, 5.41) is 10.8. The number of methoxy groups -OCH3 is 2. The van der Waals surface area contributed by atoms with Crippen molar-refractivity contribution in [2.75, 3.05) is 20.0 Å². The Bertz CT molecular complexity index is 458. The molecule has 0 amide bonds. The van der Waals surface area contributed by atoms with Gasteiger partial charge in [-0.2, -0.15) is 0 Å². The molecule has 0 spiro atoms. The zero-order valence-electron chi connectivity index (χ0n) is 9.43. The van der Waals surface area contributed by atoms with E-state index in [4.69, 9.17) is 10.5 Å². The molecule has 0 atom stereocenters. The van der Waals surface area contributed by atoms with Crippen LogP contribution in [0.15, 0.2) is 12.1 Å². The molecule has 0 aromatic heterocycles. The number of esters is 1. The van der Waals surface area contributed by atoms with Gasteiger partial charge in [0.15, 0.2) is 0 Å². The predicted octanol–water partition coefficient (Wildman–Crippen LogP) is 0.901. The van der Waals surface area contributed by atoms with Crippen LogP contribution in [0.1, 0.15) is 5.56 Å². The molecular weight excluding hydrogens is 228 g/mol. The highest BCUT2D eigenvalue weighted by Crippen LogP contribution is 2.33. The van der Waals surface area contributed by atoms with Crippen molar-refractivity contribution in [2.24, 2.45) is 0 Å². The van der Waals surface area contributed by atoms with Gasteiger partial charge < -0.3 is 15.2 Å². The Labute approximate surface area is 97.3 Å². The molecule has 1 aromatic carbocycles. The highest BCUT2D eigenvalue weighted by atomic mass is 16.6. The van der Waals surface area contributed by atoms with E-state index in [0.717, 1.165) is 0 Å². The summed E-state index contributed by atoms with van der Waals surface area (Å²) in [7, 11) is 2.59. The smallest absolute Gasteiger partial charge is 0.310 e. The van der Waals surface area contributed by atoms with Crippen LogP contribution in [0, 0.1) is 10.1 Å². The molecule has 0 saturated carbocycles. The van der Waals surface area contributed by atoms with Crippen LogP contribution < -0.4 is 10.5 Å². The summed E-state index contributed by atoms with van der Waals surface area (Å²) in [4.78, 5) is 21.4. The monoisotopic (exact) mass is 240 g/mol. The maximum atomic E-state index is 11.2.